The third kappa shape index (κ3) is 2.22. The molecule has 126 valence electrons. The third-order valence-corrected chi connectivity index (χ3v) is 5.59. The van der Waals surface area contributed by atoms with Crippen LogP contribution >= 0.6 is 0 Å². The first kappa shape index (κ1) is 15.4. The van der Waals surface area contributed by atoms with Crippen LogP contribution in [-0.4, -0.2) is 0 Å². The van der Waals surface area contributed by atoms with Crippen molar-refractivity contribution in [2.45, 2.75) is 26.2 Å². The fraction of sp³-hybridized carbons (Fsp3) is 0.154. The van der Waals surface area contributed by atoms with Gasteiger partial charge in [-0.25, -0.2) is 0 Å². The molecule has 0 aliphatic rings. The van der Waals surface area contributed by atoms with E-state index in [1.165, 1.54) is 49.0 Å². The Kier molecular flexibility index (Phi) is 3.15. The van der Waals surface area contributed by atoms with Gasteiger partial charge in [0.05, 0.1) is 0 Å². The third-order valence-electron chi connectivity index (χ3n) is 5.59. The lowest BCUT2D eigenvalue weighted by molar-refractivity contribution is 0.590. The van der Waals surface area contributed by atoms with Crippen LogP contribution in [0.1, 0.15) is 26.3 Å². The van der Waals surface area contributed by atoms with Crippen molar-refractivity contribution in [1.82, 2.24) is 0 Å². The van der Waals surface area contributed by atoms with Gasteiger partial charge in [-0.05, 0) is 54.4 Å². The smallest absolute Gasteiger partial charge is 0.00206 e. The highest BCUT2D eigenvalue weighted by atomic mass is 14.2. The molecule has 0 saturated heterocycles. The van der Waals surface area contributed by atoms with Crippen molar-refractivity contribution in [3.05, 3.63) is 84.4 Å². The molecule has 26 heavy (non-hydrogen) atoms. The predicted octanol–water partition coefficient (Wildman–Crippen LogP) is 7.55. The van der Waals surface area contributed by atoms with Gasteiger partial charge in [0.25, 0.3) is 0 Å². The second-order valence-corrected chi connectivity index (χ2v) is 8.30. The molecule has 0 aromatic heterocycles. The molecule has 0 aliphatic heterocycles. The van der Waals surface area contributed by atoms with Crippen LogP contribution in [0.3, 0.4) is 0 Å². The van der Waals surface area contributed by atoms with E-state index in [0.29, 0.717) is 0 Å². The summed E-state index contributed by atoms with van der Waals surface area (Å²) in [5, 5.41) is 8.07. The summed E-state index contributed by atoms with van der Waals surface area (Å²) in [5.41, 5.74) is 4.16. The van der Waals surface area contributed by atoms with Crippen molar-refractivity contribution in [3.8, 4) is 11.1 Å². The van der Waals surface area contributed by atoms with Crippen molar-refractivity contribution in [1.29, 1.82) is 0 Å². The lowest BCUT2D eigenvalue weighted by atomic mass is 9.85. The maximum absolute atomic E-state index is 2.29. The van der Waals surface area contributed by atoms with Crippen molar-refractivity contribution >= 4 is 32.3 Å². The SMILES string of the molecule is CC(C)(C)c1ccc(-c2ccc3ccc4cccc5ccc2c3c45)cc1. The molecular weight excluding hydrogens is 312 g/mol. The molecule has 0 saturated carbocycles. The maximum atomic E-state index is 2.29. The highest BCUT2D eigenvalue weighted by Gasteiger charge is 2.15. The zero-order valence-electron chi connectivity index (χ0n) is 15.5. The molecule has 0 heterocycles. The largest absolute Gasteiger partial charge is 0.0610 e. The molecule has 0 unspecified atom stereocenters. The maximum Gasteiger partial charge on any atom is -0.00206 e. The molecule has 5 aromatic carbocycles. The van der Waals surface area contributed by atoms with Gasteiger partial charge in [-0.3, -0.25) is 0 Å². The van der Waals surface area contributed by atoms with E-state index >= 15 is 0 Å². The van der Waals surface area contributed by atoms with Crippen LogP contribution in [0, 0.1) is 0 Å². The minimum absolute atomic E-state index is 0.182. The first-order chi connectivity index (χ1) is 12.5. The van der Waals surface area contributed by atoms with Crippen molar-refractivity contribution in [2.24, 2.45) is 0 Å². The van der Waals surface area contributed by atoms with Gasteiger partial charge in [-0.1, -0.05) is 99.6 Å². The lowest BCUT2D eigenvalue weighted by Crippen LogP contribution is -2.10. The Bertz CT molecular complexity index is 1220. The van der Waals surface area contributed by atoms with Gasteiger partial charge >= 0.3 is 0 Å². The average Bonchev–Trinajstić information content (AvgIpc) is 2.65. The summed E-state index contributed by atoms with van der Waals surface area (Å²) >= 11 is 0. The Morgan fingerprint density at radius 2 is 1.12 bits per heavy atom. The molecule has 0 radical (unpaired) electrons. The summed E-state index contributed by atoms with van der Waals surface area (Å²) < 4.78 is 0. The normalized spacial score (nSPS) is 12.4. The van der Waals surface area contributed by atoms with E-state index in [9.17, 15) is 0 Å². The molecule has 0 amide bonds. The second kappa shape index (κ2) is 5.32. The fourth-order valence-electron chi connectivity index (χ4n) is 4.14. The van der Waals surface area contributed by atoms with Gasteiger partial charge in [0.1, 0.15) is 0 Å². The molecule has 0 bridgehead atoms. The summed E-state index contributed by atoms with van der Waals surface area (Å²) in [7, 11) is 0. The van der Waals surface area contributed by atoms with Crippen molar-refractivity contribution < 1.29 is 0 Å². The van der Waals surface area contributed by atoms with Crippen LogP contribution in [0.2, 0.25) is 0 Å². The zero-order chi connectivity index (χ0) is 17.9. The van der Waals surface area contributed by atoms with Gasteiger partial charge in [0.15, 0.2) is 0 Å². The average molecular weight is 334 g/mol. The van der Waals surface area contributed by atoms with Gasteiger partial charge in [-0.15, -0.1) is 0 Å². The van der Waals surface area contributed by atoms with Crippen LogP contribution in [-0.2, 0) is 5.41 Å². The van der Waals surface area contributed by atoms with E-state index in [2.05, 4.69) is 99.6 Å². The molecule has 0 nitrogen and oxygen atoms in total. The van der Waals surface area contributed by atoms with E-state index in [1.54, 1.807) is 0 Å². The Morgan fingerprint density at radius 3 is 1.77 bits per heavy atom. The van der Waals surface area contributed by atoms with Gasteiger partial charge in [0.2, 0.25) is 0 Å². The lowest BCUT2D eigenvalue weighted by Gasteiger charge is -2.19. The van der Waals surface area contributed by atoms with Crippen molar-refractivity contribution in [3.63, 3.8) is 0 Å². The summed E-state index contributed by atoms with van der Waals surface area (Å²) in [6, 6.07) is 29.2. The Balaban J connectivity index is 1.81. The molecule has 0 aliphatic carbocycles. The quantitative estimate of drug-likeness (QED) is 0.278. The topological polar surface area (TPSA) is 0 Å². The monoisotopic (exact) mass is 334 g/mol. The molecule has 0 atom stereocenters. The Labute approximate surface area is 154 Å². The molecule has 0 N–H and O–H groups in total. The zero-order valence-corrected chi connectivity index (χ0v) is 15.5. The van der Waals surface area contributed by atoms with E-state index < -0.39 is 0 Å². The van der Waals surface area contributed by atoms with Crippen LogP contribution in [0.25, 0.3) is 43.4 Å². The Morgan fingerprint density at radius 1 is 0.538 bits per heavy atom. The van der Waals surface area contributed by atoms with Gasteiger partial charge in [0, 0.05) is 0 Å². The first-order valence-corrected chi connectivity index (χ1v) is 9.30. The predicted molar refractivity (Wildman–Crippen MR) is 114 cm³/mol. The van der Waals surface area contributed by atoms with Crippen LogP contribution in [0.5, 0.6) is 0 Å². The first-order valence-electron chi connectivity index (χ1n) is 9.30. The number of rotatable bonds is 1. The van der Waals surface area contributed by atoms with Gasteiger partial charge in [-0.2, -0.15) is 0 Å². The summed E-state index contributed by atoms with van der Waals surface area (Å²) in [6.45, 7) is 6.79. The van der Waals surface area contributed by atoms with E-state index in [1.807, 2.05) is 0 Å². The van der Waals surface area contributed by atoms with Crippen LogP contribution in [0.15, 0.2) is 78.9 Å². The highest BCUT2D eigenvalue weighted by molar-refractivity contribution is 6.25. The summed E-state index contributed by atoms with van der Waals surface area (Å²) in [4.78, 5) is 0. The highest BCUT2D eigenvalue weighted by Crippen LogP contribution is 2.39. The minimum Gasteiger partial charge on any atom is -0.0610 e. The standard InChI is InChI=1S/C26H22/c1-26(2,3)21-13-9-17(10-14-21)22-15-11-20-8-7-18-5-4-6-19-12-16-23(22)25(20)24(18)19/h4-16H,1-3H3. The fourth-order valence-corrected chi connectivity index (χ4v) is 4.14. The minimum atomic E-state index is 0.182. The summed E-state index contributed by atoms with van der Waals surface area (Å²) in [6.07, 6.45) is 0. The van der Waals surface area contributed by atoms with E-state index in [0.717, 1.165) is 0 Å². The Hall–Kier alpha value is -2.86. The summed E-state index contributed by atoms with van der Waals surface area (Å²) in [5.74, 6) is 0. The molecule has 5 aromatic rings. The molecule has 0 fully saturated rings. The van der Waals surface area contributed by atoms with Crippen LogP contribution < -0.4 is 0 Å². The second-order valence-electron chi connectivity index (χ2n) is 8.30. The van der Waals surface area contributed by atoms with Crippen molar-refractivity contribution in [2.75, 3.05) is 0 Å². The molecule has 0 spiro atoms. The van der Waals surface area contributed by atoms with E-state index in [-0.39, 0.29) is 5.41 Å². The number of hydrogen-bond acceptors (Lipinski definition) is 0. The number of benzene rings is 5. The number of hydrogen-bond donors (Lipinski definition) is 0. The van der Waals surface area contributed by atoms with Gasteiger partial charge < -0.3 is 0 Å². The molecular formula is C26H22. The molecule has 5 rings (SSSR count). The van der Waals surface area contributed by atoms with E-state index in [4.69, 9.17) is 0 Å². The van der Waals surface area contributed by atoms with Crippen LogP contribution in [0.4, 0.5) is 0 Å². The molecule has 0 heteroatoms.